The number of H-pyrrole nitrogens is 1. The fourth-order valence-electron chi connectivity index (χ4n) is 6.12. The number of pyridine rings is 1. The van der Waals surface area contributed by atoms with Crippen LogP contribution in [0.5, 0.6) is 11.5 Å². The van der Waals surface area contributed by atoms with Gasteiger partial charge >= 0.3 is 0 Å². The highest BCUT2D eigenvalue weighted by molar-refractivity contribution is 5.82. The van der Waals surface area contributed by atoms with Crippen LogP contribution in [-0.2, 0) is 21.6 Å². The number of imidazole rings is 1. The van der Waals surface area contributed by atoms with E-state index < -0.39 is 5.60 Å². The summed E-state index contributed by atoms with van der Waals surface area (Å²) in [5.41, 5.74) is 3.58. The number of rotatable bonds is 12. The predicted octanol–water partition coefficient (Wildman–Crippen LogP) is 5.64. The Labute approximate surface area is 277 Å². The third kappa shape index (κ3) is 6.01. The zero-order valence-electron chi connectivity index (χ0n) is 26.6. The summed E-state index contributed by atoms with van der Waals surface area (Å²) in [4.78, 5) is 28.3. The molecule has 2 atom stereocenters. The maximum absolute atomic E-state index is 12.1. The van der Waals surface area contributed by atoms with Crippen LogP contribution in [0.4, 0.5) is 5.82 Å². The lowest BCUT2D eigenvalue weighted by Crippen LogP contribution is -2.35. The zero-order valence-corrected chi connectivity index (χ0v) is 26.6. The quantitative estimate of drug-likeness (QED) is 0.163. The highest BCUT2D eigenvalue weighted by atomic mass is 16.6. The number of nitrogens with one attached hydrogen (secondary N) is 2. The lowest BCUT2D eigenvalue weighted by Gasteiger charge is -2.37. The van der Waals surface area contributed by atoms with Crippen molar-refractivity contribution in [1.29, 1.82) is 0 Å². The molecule has 243 valence electrons. The fourth-order valence-corrected chi connectivity index (χ4v) is 6.12. The highest BCUT2D eigenvalue weighted by Crippen LogP contribution is 2.42. The van der Waals surface area contributed by atoms with Gasteiger partial charge in [-0.05, 0) is 59.9 Å². The number of fused-ring (bicyclic) bond motifs is 1. The average Bonchev–Trinajstić information content (AvgIpc) is 3.80. The number of anilines is 1. The molecule has 1 fully saturated rings. The maximum atomic E-state index is 12.1. The van der Waals surface area contributed by atoms with Crippen molar-refractivity contribution in [2.24, 2.45) is 0 Å². The molecule has 0 amide bonds. The van der Waals surface area contributed by atoms with Crippen LogP contribution in [0.2, 0.25) is 0 Å². The first-order valence-corrected chi connectivity index (χ1v) is 15.6. The average molecular weight is 644 g/mol. The van der Waals surface area contributed by atoms with E-state index in [1.165, 1.54) is 6.33 Å². The van der Waals surface area contributed by atoms with E-state index in [9.17, 15) is 4.79 Å². The van der Waals surface area contributed by atoms with Gasteiger partial charge in [0.25, 0.3) is 5.56 Å². The monoisotopic (exact) mass is 643 g/mol. The van der Waals surface area contributed by atoms with E-state index in [1.54, 1.807) is 38.9 Å². The first-order chi connectivity index (χ1) is 23.6. The van der Waals surface area contributed by atoms with Crippen molar-refractivity contribution in [2.75, 3.05) is 26.1 Å². The van der Waals surface area contributed by atoms with E-state index in [0.717, 1.165) is 28.2 Å². The van der Waals surface area contributed by atoms with Gasteiger partial charge in [-0.15, -0.1) is 0 Å². The minimum absolute atomic E-state index is 0.153. The van der Waals surface area contributed by atoms with Crippen molar-refractivity contribution >= 4 is 17.0 Å². The molecule has 4 heterocycles. The SMILES string of the molecule is COc1ccc(C(OC[C@H]2[CH]C[C@H](n3cnc4c(NCc5ccc[nH]c5=O)ncnc43)O2)(c2ccccc2)c2ccc(OC)cc2)cc1. The van der Waals surface area contributed by atoms with E-state index in [-0.39, 0.29) is 24.5 Å². The van der Waals surface area contributed by atoms with Crippen molar-refractivity contribution in [3.63, 3.8) is 0 Å². The largest absolute Gasteiger partial charge is 0.497 e. The van der Waals surface area contributed by atoms with Gasteiger partial charge in [0.15, 0.2) is 17.0 Å². The Balaban J connectivity index is 1.15. The zero-order chi connectivity index (χ0) is 32.9. The Morgan fingerprint density at radius 3 is 2.23 bits per heavy atom. The number of aromatic amines is 1. The molecule has 1 saturated heterocycles. The van der Waals surface area contributed by atoms with Crippen LogP contribution in [0.3, 0.4) is 0 Å². The van der Waals surface area contributed by atoms with Gasteiger partial charge < -0.3 is 29.2 Å². The van der Waals surface area contributed by atoms with E-state index in [0.29, 0.717) is 35.5 Å². The van der Waals surface area contributed by atoms with Gasteiger partial charge in [0, 0.05) is 18.3 Å². The molecular formula is C37H35N6O5. The Bertz CT molecular complexity index is 1980. The van der Waals surface area contributed by atoms with Crippen LogP contribution in [0.15, 0.2) is 115 Å². The molecule has 2 N–H and O–H groups in total. The molecule has 48 heavy (non-hydrogen) atoms. The van der Waals surface area contributed by atoms with Crippen molar-refractivity contribution in [3.8, 4) is 11.5 Å². The number of hydrogen-bond acceptors (Lipinski definition) is 9. The van der Waals surface area contributed by atoms with Gasteiger partial charge in [0.05, 0.1) is 33.3 Å². The van der Waals surface area contributed by atoms with Crippen LogP contribution in [0.25, 0.3) is 11.2 Å². The molecule has 1 aliphatic rings. The molecule has 11 nitrogen and oxygen atoms in total. The Hall–Kier alpha value is -5.52. The first kappa shape index (κ1) is 31.1. The third-order valence-electron chi connectivity index (χ3n) is 8.59. The maximum Gasteiger partial charge on any atom is 0.252 e. The Morgan fingerprint density at radius 2 is 1.56 bits per heavy atom. The van der Waals surface area contributed by atoms with Gasteiger partial charge in [-0.2, -0.15) is 0 Å². The molecule has 0 saturated carbocycles. The van der Waals surface area contributed by atoms with Crippen LogP contribution in [0.1, 0.15) is 34.9 Å². The third-order valence-corrected chi connectivity index (χ3v) is 8.59. The smallest absolute Gasteiger partial charge is 0.252 e. The van der Waals surface area contributed by atoms with Gasteiger partial charge in [0.2, 0.25) is 0 Å². The predicted molar refractivity (Wildman–Crippen MR) is 181 cm³/mol. The second-order valence-electron chi connectivity index (χ2n) is 11.3. The Kier molecular flexibility index (Phi) is 8.87. The van der Waals surface area contributed by atoms with Crippen LogP contribution in [0, 0.1) is 6.42 Å². The molecule has 0 spiro atoms. The number of benzene rings is 3. The van der Waals surface area contributed by atoms with Gasteiger partial charge in [-0.25, -0.2) is 15.0 Å². The number of aromatic nitrogens is 5. The Morgan fingerprint density at radius 1 is 0.875 bits per heavy atom. The molecule has 11 heteroatoms. The summed E-state index contributed by atoms with van der Waals surface area (Å²) in [5, 5.41) is 3.22. The second kappa shape index (κ2) is 13.7. The minimum Gasteiger partial charge on any atom is -0.497 e. The normalized spacial score (nSPS) is 16.2. The van der Waals surface area contributed by atoms with Gasteiger partial charge in [-0.1, -0.05) is 60.7 Å². The molecule has 0 bridgehead atoms. The lowest BCUT2D eigenvalue weighted by atomic mass is 9.80. The van der Waals surface area contributed by atoms with Crippen molar-refractivity contribution in [1.82, 2.24) is 24.5 Å². The molecule has 3 aromatic heterocycles. The van der Waals surface area contributed by atoms with Crippen molar-refractivity contribution in [3.05, 3.63) is 149 Å². The first-order valence-electron chi connectivity index (χ1n) is 15.6. The summed E-state index contributed by atoms with van der Waals surface area (Å²) in [6, 6.07) is 29.7. The number of ether oxygens (including phenoxy) is 4. The van der Waals surface area contributed by atoms with E-state index >= 15 is 0 Å². The summed E-state index contributed by atoms with van der Waals surface area (Å²) < 4.78 is 26.5. The molecule has 6 aromatic rings. The van der Waals surface area contributed by atoms with Gasteiger partial charge in [0.1, 0.15) is 29.7 Å². The van der Waals surface area contributed by atoms with Crippen LogP contribution < -0.4 is 20.3 Å². The second-order valence-corrected chi connectivity index (χ2v) is 11.3. The molecule has 0 aliphatic carbocycles. The summed E-state index contributed by atoms with van der Waals surface area (Å²) in [5.74, 6) is 2.05. The lowest BCUT2D eigenvalue weighted by molar-refractivity contribution is -0.0702. The number of methoxy groups -OCH3 is 2. The molecule has 7 rings (SSSR count). The standard InChI is InChI=1S/C37H35N6O5/c1-45-29-14-10-27(11-15-29)37(26-8-4-3-5-9-26,28-12-16-30(46-2)17-13-28)47-22-31-18-19-32(48-31)43-24-42-33-34(40-23-41-35(33)43)39-21-25-7-6-20-38-36(25)44/h3-18,20,23-24,31-32H,19,21-22H2,1-2H3,(H,38,44)(H,39,40,41)/t31-,32-/m1/s1. The number of nitrogens with zero attached hydrogens (tertiary/aromatic N) is 4. The summed E-state index contributed by atoms with van der Waals surface area (Å²) in [6.45, 7) is 0.581. The molecule has 3 aromatic carbocycles. The van der Waals surface area contributed by atoms with E-state index in [2.05, 4.69) is 43.8 Å². The highest BCUT2D eigenvalue weighted by Gasteiger charge is 2.40. The summed E-state index contributed by atoms with van der Waals surface area (Å²) >= 11 is 0. The van der Waals surface area contributed by atoms with E-state index in [1.807, 2.05) is 71.3 Å². The minimum atomic E-state index is -0.953. The van der Waals surface area contributed by atoms with Crippen LogP contribution >= 0.6 is 0 Å². The topological polar surface area (TPSA) is 125 Å². The summed E-state index contributed by atoms with van der Waals surface area (Å²) in [7, 11) is 3.31. The van der Waals surface area contributed by atoms with E-state index in [4.69, 9.17) is 18.9 Å². The molecule has 1 radical (unpaired) electrons. The molecule has 1 aliphatic heterocycles. The number of hydrogen-bond donors (Lipinski definition) is 2. The van der Waals surface area contributed by atoms with Crippen molar-refractivity contribution in [2.45, 2.75) is 30.9 Å². The van der Waals surface area contributed by atoms with Crippen LogP contribution in [-0.4, -0.2) is 51.4 Å². The summed E-state index contributed by atoms with van der Waals surface area (Å²) in [6.07, 6.45) is 6.91. The van der Waals surface area contributed by atoms with Gasteiger partial charge in [-0.3, -0.25) is 9.36 Å². The molecular weight excluding hydrogens is 608 g/mol. The fraction of sp³-hybridized carbons (Fsp3) is 0.216. The van der Waals surface area contributed by atoms with Crippen molar-refractivity contribution < 1.29 is 18.9 Å². The molecule has 0 unspecified atom stereocenters.